The van der Waals surface area contributed by atoms with Gasteiger partial charge in [0, 0.05) is 63.5 Å². The van der Waals surface area contributed by atoms with Crippen LogP contribution in [0.5, 0.6) is 0 Å². The molecule has 0 aliphatic heterocycles. The van der Waals surface area contributed by atoms with Gasteiger partial charge in [0.25, 0.3) is 0 Å². The van der Waals surface area contributed by atoms with Crippen molar-refractivity contribution in [2.75, 3.05) is 34.5 Å². The number of unbranched alkanes of at least 4 members (excludes halogenated alkanes) is 1. The Morgan fingerprint density at radius 3 is 1.22 bits per heavy atom. The fourth-order valence-electron chi connectivity index (χ4n) is 2.92. The van der Waals surface area contributed by atoms with Crippen molar-refractivity contribution in [3.63, 3.8) is 0 Å². The van der Waals surface area contributed by atoms with Gasteiger partial charge in [-0.05, 0) is 61.4 Å². The fraction of sp³-hybridized carbons (Fsp3) is 0.333. The highest BCUT2D eigenvalue weighted by Crippen LogP contribution is 2.18. The van der Waals surface area contributed by atoms with Crippen molar-refractivity contribution in [1.29, 1.82) is 0 Å². The Bertz CT molecular complexity index is 875. The molecule has 0 bridgehead atoms. The van der Waals surface area contributed by atoms with Crippen molar-refractivity contribution < 1.29 is 19.2 Å². The van der Waals surface area contributed by atoms with E-state index in [-0.39, 0.29) is 23.6 Å². The average molecular weight is 439 g/mol. The van der Waals surface area contributed by atoms with Gasteiger partial charge in [-0.15, -0.1) is 0 Å². The molecule has 0 saturated carbocycles. The second-order valence-electron chi connectivity index (χ2n) is 7.55. The maximum absolute atomic E-state index is 12.1. The molecule has 2 aromatic rings. The quantitative estimate of drug-likeness (QED) is 0.582. The van der Waals surface area contributed by atoms with E-state index in [0.717, 1.165) is 11.4 Å². The van der Waals surface area contributed by atoms with E-state index in [4.69, 9.17) is 0 Å². The van der Waals surface area contributed by atoms with Gasteiger partial charge < -0.3 is 20.4 Å². The summed E-state index contributed by atoms with van der Waals surface area (Å²) >= 11 is 0. The molecule has 0 radical (unpaired) electrons. The molecule has 170 valence electrons. The van der Waals surface area contributed by atoms with Crippen molar-refractivity contribution in [1.82, 2.24) is 0 Å². The first-order valence-electron chi connectivity index (χ1n) is 10.5. The van der Waals surface area contributed by atoms with Gasteiger partial charge in [0.05, 0.1) is 0 Å². The summed E-state index contributed by atoms with van der Waals surface area (Å²) in [5.74, 6) is -0.377. The monoisotopic (exact) mass is 438 g/mol. The van der Waals surface area contributed by atoms with Gasteiger partial charge in [-0.25, -0.2) is 0 Å². The smallest absolute Gasteiger partial charge is 0.224 e. The third-order valence-electron chi connectivity index (χ3n) is 5.08. The minimum atomic E-state index is -0.122. The number of hydrogen-bond donors (Lipinski definition) is 2. The molecule has 4 amide bonds. The predicted molar refractivity (Wildman–Crippen MR) is 127 cm³/mol. The number of carbonyl (C=O) groups is 4. The first kappa shape index (κ1) is 24.6. The van der Waals surface area contributed by atoms with Crippen LogP contribution >= 0.6 is 0 Å². The summed E-state index contributed by atoms with van der Waals surface area (Å²) < 4.78 is 0. The zero-order chi connectivity index (χ0) is 23.7. The highest BCUT2D eigenvalue weighted by molar-refractivity contribution is 5.94. The van der Waals surface area contributed by atoms with E-state index >= 15 is 0 Å². The first-order valence-corrected chi connectivity index (χ1v) is 10.5. The molecule has 0 heterocycles. The predicted octanol–water partition coefficient (Wildman–Crippen LogP) is 3.79. The molecule has 0 atom stereocenters. The number of anilines is 4. The van der Waals surface area contributed by atoms with Crippen molar-refractivity contribution in [2.24, 2.45) is 0 Å². The fourth-order valence-corrected chi connectivity index (χ4v) is 2.92. The van der Waals surface area contributed by atoms with Crippen LogP contribution in [0, 0.1) is 0 Å². The average Bonchev–Trinajstić information content (AvgIpc) is 2.76. The number of carbonyl (C=O) groups excluding carboxylic acids is 4. The van der Waals surface area contributed by atoms with Crippen LogP contribution in [0.25, 0.3) is 0 Å². The molecule has 32 heavy (non-hydrogen) atoms. The zero-order valence-electron chi connectivity index (χ0n) is 19.0. The molecule has 0 aromatic heterocycles. The molecular formula is C24H30N4O4. The van der Waals surface area contributed by atoms with Crippen LogP contribution in [0.2, 0.25) is 0 Å². The summed E-state index contributed by atoms with van der Waals surface area (Å²) in [5.41, 5.74) is 2.82. The van der Waals surface area contributed by atoms with Gasteiger partial charge in [0.15, 0.2) is 0 Å². The molecule has 2 N–H and O–H groups in total. The van der Waals surface area contributed by atoms with E-state index in [2.05, 4.69) is 10.6 Å². The SMILES string of the molecule is CC(=O)N(C)c1ccc(NC(=O)CCCCC(=O)Nc2ccc(N(C)C(C)=O)cc2)cc1. The Morgan fingerprint density at radius 2 is 0.938 bits per heavy atom. The Balaban J connectivity index is 1.69. The van der Waals surface area contributed by atoms with E-state index in [9.17, 15) is 19.2 Å². The number of benzene rings is 2. The standard InChI is InChI=1S/C24H30N4O4/c1-17(29)27(3)21-13-9-19(10-14-21)25-23(31)7-5-6-8-24(32)26-20-11-15-22(16-12-20)28(4)18(2)30/h9-16H,5-8H2,1-4H3,(H,25,31)(H,26,32). The molecule has 0 spiro atoms. The van der Waals surface area contributed by atoms with Crippen LogP contribution in [-0.4, -0.2) is 37.7 Å². The topological polar surface area (TPSA) is 98.8 Å². The molecular weight excluding hydrogens is 408 g/mol. The van der Waals surface area contributed by atoms with Gasteiger partial charge in [-0.3, -0.25) is 19.2 Å². The van der Waals surface area contributed by atoms with Gasteiger partial charge in [-0.1, -0.05) is 0 Å². The Kier molecular flexibility index (Phi) is 8.95. The second-order valence-corrected chi connectivity index (χ2v) is 7.55. The van der Waals surface area contributed by atoms with Gasteiger partial charge in [0.1, 0.15) is 0 Å². The summed E-state index contributed by atoms with van der Waals surface area (Å²) in [6.07, 6.45) is 1.81. The maximum atomic E-state index is 12.1. The second kappa shape index (κ2) is 11.6. The minimum Gasteiger partial charge on any atom is -0.326 e. The number of nitrogens with one attached hydrogen (secondary N) is 2. The molecule has 0 aliphatic rings. The third kappa shape index (κ3) is 7.54. The lowest BCUT2D eigenvalue weighted by molar-refractivity contribution is -0.118. The van der Waals surface area contributed by atoms with Crippen LogP contribution in [-0.2, 0) is 19.2 Å². The summed E-state index contributed by atoms with van der Waals surface area (Å²) in [6.45, 7) is 2.97. The van der Waals surface area contributed by atoms with Crippen molar-refractivity contribution in [2.45, 2.75) is 39.5 Å². The highest BCUT2D eigenvalue weighted by Gasteiger charge is 2.09. The van der Waals surface area contributed by atoms with E-state index in [1.807, 2.05) is 0 Å². The number of nitrogens with zero attached hydrogens (tertiary/aromatic N) is 2. The molecule has 0 aliphatic carbocycles. The van der Waals surface area contributed by atoms with E-state index in [0.29, 0.717) is 37.1 Å². The molecule has 8 heteroatoms. The Hall–Kier alpha value is -3.68. The van der Waals surface area contributed by atoms with Crippen LogP contribution < -0.4 is 20.4 Å². The van der Waals surface area contributed by atoms with Gasteiger partial charge in [0.2, 0.25) is 23.6 Å². The van der Waals surface area contributed by atoms with Crippen molar-refractivity contribution in [3.8, 4) is 0 Å². The van der Waals surface area contributed by atoms with E-state index < -0.39 is 0 Å². The molecule has 2 aromatic carbocycles. The van der Waals surface area contributed by atoms with Crippen LogP contribution in [0.3, 0.4) is 0 Å². The summed E-state index contributed by atoms with van der Waals surface area (Å²) in [5, 5.41) is 5.63. The molecule has 8 nitrogen and oxygen atoms in total. The van der Waals surface area contributed by atoms with Crippen LogP contribution in [0.1, 0.15) is 39.5 Å². The highest BCUT2D eigenvalue weighted by atomic mass is 16.2. The summed E-state index contributed by atoms with van der Waals surface area (Å²) in [7, 11) is 3.38. The van der Waals surface area contributed by atoms with Crippen molar-refractivity contribution >= 4 is 46.4 Å². The normalized spacial score (nSPS) is 10.2. The number of amides is 4. The van der Waals surface area contributed by atoms with Crippen LogP contribution in [0.4, 0.5) is 22.7 Å². The molecule has 2 rings (SSSR count). The Morgan fingerprint density at radius 1 is 0.625 bits per heavy atom. The lowest BCUT2D eigenvalue weighted by Crippen LogP contribution is -2.22. The molecule has 0 fully saturated rings. The van der Waals surface area contributed by atoms with E-state index in [1.165, 1.54) is 23.6 Å². The molecule has 0 unspecified atom stereocenters. The number of hydrogen-bond acceptors (Lipinski definition) is 4. The third-order valence-corrected chi connectivity index (χ3v) is 5.08. The van der Waals surface area contributed by atoms with E-state index in [1.54, 1.807) is 62.6 Å². The zero-order valence-corrected chi connectivity index (χ0v) is 19.0. The maximum Gasteiger partial charge on any atom is 0.224 e. The van der Waals surface area contributed by atoms with Gasteiger partial charge in [-0.2, -0.15) is 0 Å². The minimum absolute atomic E-state index is 0.0663. The first-order chi connectivity index (χ1) is 15.2. The summed E-state index contributed by atoms with van der Waals surface area (Å²) in [4.78, 5) is 50.0. The largest absolute Gasteiger partial charge is 0.326 e. The number of rotatable bonds is 9. The van der Waals surface area contributed by atoms with Gasteiger partial charge >= 0.3 is 0 Å². The molecule has 0 saturated heterocycles. The summed E-state index contributed by atoms with van der Waals surface area (Å²) in [6, 6.07) is 14.1. The van der Waals surface area contributed by atoms with Crippen LogP contribution in [0.15, 0.2) is 48.5 Å². The van der Waals surface area contributed by atoms with Crippen molar-refractivity contribution in [3.05, 3.63) is 48.5 Å². The Labute approximate surface area is 188 Å². The lowest BCUT2D eigenvalue weighted by atomic mass is 10.1. The lowest BCUT2D eigenvalue weighted by Gasteiger charge is -2.15.